The molecule has 0 fully saturated rings. The normalized spacial score (nSPS) is 12.0. The third-order valence-corrected chi connectivity index (χ3v) is 2.52. The van der Waals surface area contributed by atoms with Crippen molar-refractivity contribution >= 4 is 11.8 Å². The van der Waals surface area contributed by atoms with Gasteiger partial charge in [0, 0.05) is 12.6 Å². The summed E-state index contributed by atoms with van der Waals surface area (Å²) in [5.74, 6) is -0.361. The first-order valence-corrected chi connectivity index (χ1v) is 5.63. The first-order valence-electron chi connectivity index (χ1n) is 5.63. The van der Waals surface area contributed by atoms with Gasteiger partial charge in [-0.05, 0) is 18.1 Å². The van der Waals surface area contributed by atoms with E-state index in [1.54, 1.807) is 31.3 Å². The Hall–Kier alpha value is -1.84. The fourth-order valence-electron chi connectivity index (χ4n) is 1.50. The van der Waals surface area contributed by atoms with E-state index in [4.69, 9.17) is 0 Å². The third-order valence-electron chi connectivity index (χ3n) is 2.52. The van der Waals surface area contributed by atoms with Crippen LogP contribution >= 0.6 is 0 Å². The zero-order chi connectivity index (χ0) is 12.8. The lowest BCUT2D eigenvalue weighted by molar-refractivity contribution is -0.123. The zero-order valence-electron chi connectivity index (χ0n) is 10.4. The van der Waals surface area contributed by atoms with E-state index >= 15 is 0 Å². The molecule has 1 aromatic carbocycles. The van der Waals surface area contributed by atoms with Gasteiger partial charge in [-0.2, -0.15) is 0 Å². The predicted molar refractivity (Wildman–Crippen MR) is 66.6 cm³/mol. The number of rotatable bonds is 4. The standard InChI is InChI=1S/C13H18N2O2/c1-9(2)11(13(17)14-3)15-12(16)10-7-5-4-6-8-10/h4-9,11H,1-3H3,(H,14,17)(H,15,16). The summed E-state index contributed by atoms with van der Waals surface area (Å²) in [4.78, 5) is 23.5. The molecule has 2 N–H and O–H groups in total. The molecule has 0 bridgehead atoms. The van der Waals surface area contributed by atoms with Gasteiger partial charge in [0.15, 0.2) is 0 Å². The minimum atomic E-state index is -0.507. The molecule has 4 nitrogen and oxygen atoms in total. The average Bonchev–Trinajstić information content (AvgIpc) is 2.35. The van der Waals surface area contributed by atoms with Gasteiger partial charge < -0.3 is 10.6 Å². The smallest absolute Gasteiger partial charge is 0.251 e. The summed E-state index contributed by atoms with van der Waals surface area (Å²) in [6, 6.07) is 8.36. The zero-order valence-corrected chi connectivity index (χ0v) is 10.4. The molecule has 0 radical (unpaired) electrons. The molecule has 0 aliphatic carbocycles. The molecule has 0 spiro atoms. The Morgan fingerprint density at radius 2 is 1.71 bits per heavy atom. The van der Waals surface area contributed by atoms with Crippen molar-refractivity contribution in [2.24, 2.45) is 5.92 Å². The van der Waals surface area contributed by atoms with Gasteiger partial charge in [0.05, 0.1) is 0 Å². The van der Waals surface area contributed by atoms with Crippen LogP contribution in [-0.2, 0) is 4.79 Å². The molecule has 1 atom stereocenters. The van der Waals surface area contributed by atoms with E-state index in [9.17, 15) is 9.59 Å². The Kier molecular flexibility index (Phi) is 4.69. The van der Waals surface area contributed by atoms with Crippen molar-refractivity contribution in [1.82, 2.24) is 10.6 Å². The number of benzene rings is 1. The molecule has 0 aliphatic heterocycles. The molecule has 0 aliphatic rings. The third kappa shape index (κ3) is 3.59. The van der Waals surface area contributed by atoms with Crippen molar-refractivity contribution in [2.45, 2.75) is 19.9 Å². The Morgan fingerprint density at radius 1 is 1.12 bits per heavy atom. The number of hydrogen-bond acceptors (Lipinski definition) is 2. The van der Waals surface area contributed by atoms with Gasteiger partial charge >= 0.3 is 0 Å². The average molecular weight is 234 g/mol. The second-order valence-corrected chi connectivity index (χ2v) is 4.18. The van der Waals surface area contributed by atoms with Gasteiger partial charge in [0.25, 0.3) is 5.91 Å². The van der Waals surface area contributed by atoms with Gasteiger partial charge in [0.2, 0.25) is 5.91 Å². The molecule has 4 heteroatoms. The molecule has 1 unspecified atom stereocenters. The summed E-state index contributed by atoms with van der Waals surface area (Å²) in [6.07, 6.45) is 0. The van der Waals surface area contributed by atoms with Crippen LogP contribution in [0.25, 0.3) is 0 Å². The van der Waals surface area contributed by atoms with Crippen molar-refractivity contribution in [3.8, 4) is 0 Å². The van der Waals surface area contributed by atoms with Crippen LogP contribution in [0, 0.1) is 5.92 Å². The van der Waals surface area contributed by atoms with Crippen LogP contribution in [0.1, 0.15) is 24.2 Å². The van der Waals surface area contributed by atoms with E-state index < -0.39 is 6.04 Å². The van der Waals surface area contributed by atoms with Crippen LogP contribution in [0.3, 0.4) is 0 Å². The molecular weight excluding hydrogens is 216 g/mol. The van der Waals surface area contributed by atoms with Crippen LogP contribution in [0.5, 0.6) is 0 Å². The van der Waals surface area contributed by atoms with E-state index in [-0.39, 0.29) is 17.7 Å². The van der Waals surface area contributed by atoms with Crippen LogP contribution in [-0.4, -0.2) is 24.9 Å². The van der Waals surface area contributed by atoms with Crippen molar-refractivity contribution in [3.63, 3.8) is 0 Å². The topological polar surface area (TPSA) is 58.2 Å². The van der Waals surface area contributed by atoms with Crippen molar-refractivity contribution in [3.05, 3.63) is 35.9 Å². The number of carbonyl (C=O) groups is 2. The Bertz CT molecular complexity index is 388. The predicted octanol–water partition coefficient (Wildman–Crippen LogP) is 1.19. The maximum Gasteiger partial charge on any atom is 0.251 e. The molecular formula is C13H18N2O2. The number of carbonyl (C=O) groups excluding carboxylic acids is 2. The fourth-order valence-corrected chi connectivity index (χ4v) is 1.50. The van der Waals surface area contributed by atoms with Gasteiger partial charge in [-0.25, -0.2) is 0 Å². The van der Waals surface area contributed by atoms with Gasteiger partial charge in [-0.15, -0.1) is 0 Å². The number of nitrogens with one attached hydrogen (secondary N) is 2. The maximum atomic E-state index is 11.9. The van der Waals surface area contributed by atoms with E-state index in [1.807, 2.05) is 19.9 Å². The van der Waals surface area contributed by atoms with Crippen molar-refractivity contribution in [2.75, 3.05) is 7.05 Å². The largest absolute Gasteiger partial charge is 0.357 e. The molecule has 1 aromatic rings. The maximum absolute atomic E-state index is 11.9. The van der Waals surface area contributed by atoms with E-state index in [0.29, 0.717) is 5.56 Å². The van der Waals surface area contributed by atoms with Crippen molar-refractivity contribution in [1.29, 1.82) is 0 Å². The molecule has 17 heavy (non-hydrogen) atoms. The molecule has 2 amide bonds. The first-order chi connectivity index (χ1) is 8.06. The number of hydrogen-bond donors (Lipinski definition) is 2. The first kappa shape index (κ1) is 13.2. The molecule has 0 saturated heterocycles. The van der Waals surface area contributed by atoms with Gasteiger partial charge in [-0.1, -0.05) is 32.0 Å². The molecule has 92 valence electrons. The van der Waals surface area contributed by atoms with Crippen LogP contribution in [0.2, 0.25) is 0 Å². The van der Waals surface area contributed by atoms with E-state index in [0.717, 1.165) is 0 Å². The van der Waals surface area contributed by atoms with Crippen LogP contribution < -0.4 is 10.6 Å². The SMILES string of the molecule is CNC(=O)C(NC(=O)c1ccccc1)C(C)C. The highest BCUT2D eigenvalue weighted by molar-refractivity contribution is 5.97. The van der Waals surface area contributed by atoms with E-state index in [2.05, 4.69) is 10.6 Å². The molecule has 0 heterocycles. The summed E-state index contributed by atoms with van der Waals surface area (Å²) in [5.41, 5.74) is 0.557. The highest BCUT2D eigenvalue weighted by Crippen LogP contribution is 2.04. The number of likely N-dealkylation sites (N-methyl/N-ethyl adjacent to an activating group) is 1. The Balaban J connectivity index is 2.75. The highest BCUT2D eigenvalue weighted by atomic mass is 16.2. The van der Waals surface area contributed by atoms with Crippen LogP contribution in [0.4, 0.5) is 0 Å². The lowest BCUT2D eigenvalue weighted by atomic mass is 10.0. The van der Waals surface area contributed by atoms with E-state index in [1.165, 1.54) is 0 Å². The number of amides is 2. The summed E-state index contributed by atoms with van der Waals surface area (Å²) < 4.78 is 0. The summed E-state index contributed by atoms with van der Waals surface area (Å²) >= 11 is 0. The summed E-state index contributed by atoms with van der Waals surface area (Å²) in [7, 11) is 1.56. The Labute approximate surface area is 101 Å². The minimum Gasteiger partial charge on any atom is -0.357 e. The van der Waals surface area contributed by atoms with Crippen LogP contribution in [0.15, 0.2) is 30.3 Å². The quantitative estimate of drug-likeness (QED) is 0.822. The summed E-state index contributed by atoms with van der Waals surface area (Å²) in [5, 5.41) is 5.28. The van der Waals surface area contributed by atoms with Crippen molar-refractivity contribution < 1.29 is 9.59 Å². The fraction of sp³-hybridized carbons (Fsp3) is 0.385. The second-order valence-electron chi connectivity index (χ2n) is 4.18. The second kappa shape index (κ2) is 6.03. The molecule has 0 saturated carbocycles. The summed E-state index contributed by atoms with van der Waals surface area (Å²) in [6.45, 7) is 3.79. The molecule has 1 rings (SSSR count). The molecule has 0 aromatic heterocycles. The minimum absolute atomic E-state index is 0.0441. The lowest BCUT2D eigenvalue weighted by Crippen LogP contribution is -2.48. The lowest BCUT2D eigenvalue weighted by Gasteiger charge is -2.20. The highest BCUT2D eigenvalue weighted by Gasteiger charge is 2.23. The van der Waals surface area contributed by atoms with Gasteiger partial charge in [-0.3, -0.25) is 9.59 Å². The Morgan fingerprint density at radius 3 is 2.18 bits per heavy atom. The van der Waals surface area contributed by atoms with Gasteiger partial charge in [0.1, 0.15) is 6.04 Å². The monoisotopic (exact) mass is 234 g/mol.